The van der Waals surface area contributed by atoms with E-state index in [1.165, 1.54) is 11.3 Å². The van der Waals surface area contributed by atoms with Gasteiger partial charge in [-0.1, -0.05) is 41.1 Å². The third-order valence-corrected chi connectivity index (χ3v) is 3.95. The first-order valence-electron chi connectivity index (χ1n) is 6.69. The van der Waals surface area contributed by atoms with Crippen LogP contribution in [0.5, 0.6) is 0 Å². The van der Waals surface area contributed by atoms with Gasteiger partial charge in [0.15, 0.2) is 0 Å². The molecule has 1 atom stereocenters. The second-order valence-electron chi connectivity index (χ2n) is 4.70. The quantitative estimate of drug-likeness (QED) is 0.874. The minimum atomic E-state index is 0.306. The van der Waals surface area contributed by atoms with Gasteiger partial charge in [-0.15, -0.1) is 0 Å². The van der Waals surface area contributed by atoms with E-state index in [0.717, 1.165) is 24.0 Å². The molecule has 0 bridgehead atoms. The summed E-state index contributed by atoms with van der Waals surface area (Å²) in [5.74, 6) is 0. The number of hydrogen-bond donors (Lipinski definition) is 1. The van der Waals surface area contributed by atoms with E-state index in [1.54, 1.807) is 0 Å². The summed E-state index contributed by atoms with van der Waals surface area (Å²) in [6, 6.07) is 8.64. The van der Waals surface area contributed by atoms with Crippen LogP contribution in [0, 0.1) is 0 Å². The van der Waals surface area contributed by atoms with Gasteiger partial charge in [0.2, 0.25) is 0 Å². The average Bonchev–Trinajstić information content (AvgIpc) is 2.84. The predicted molar refractivity (Wildman–Crippen MR) is 81.9 cm³/mol. The summed E-state index contributed by atoms with van der Waals surface area (Å²) in [5.41, 5.74) is 2.52. The van der Waals surface area contributed by atoms with E-state index in [-0.39, 0.29) is 0 Å². The SMILES string of the molecule is CCCn1cncc1CN[C@@H](C)c1ccccc1Br. The lowest BCUT2D eigenvalue weighted by Gasteiger charge is -2.16. The lowest BCUT2D eigenvalue weighted by atomic mass is 10.1. The van der Waals surface area contributed by atoms with E-state index in [2.05, 4.69) is 62.8 Å². The van der Waals surface area contributed by atoms with E-state index in [1.807, 2.05) is 18.6 Å². The Kier molecular flexibility index (Phi) is 5.16. The fraction of sp³-hybridized carbons (Fsp3) is 0.400. The summed E-state index contributed by atoms with van der Waals surface area (Å²) < 4.78 is 3.36. The van der Waals surface area contributed by atoms with Gasteiger partial charge in [-0.05, 0) is 25.0 Å². The highest BCUT2D eigenvalue weighted by molar-refractivity contribution is 9.10. The molecule has 19 heavy (non-hydrogen) atoms. The molecule has 0 spiro atoms. The number of nitrogens with one attached hydrogen (secondary N) is 1. The van der Waals surface area contributed by atoms with Crippen LogP contribution in [0.15, 0.2) is 41.3 Å². The molecule has 1 heterocycles. The number of benzene rings is 1. The first-order valence-corrected chi connectivity index (χ1v) is 7.48. The Hall–Kier alpha value is -1.13. The van der Waals surface area contributed by atoms with Gasteiger partial charge >= 0.3 is 0 Å². The average molecular weight is 322 g/mol. The van der Waals surface area contributed by atoms with Crippen molar-refractivity contribution in [1.29, 1.82) is 0 Å². The van der Waals surface area contributed by atoms with Gasteiger partial charge in [0, 0.05) is 29.8 Å². The minimum Gasteiger partial charge on any atom is -0.333 e. The van der Waals surface area contributed by atoms with Crippen LogP contribution < -0.4 is 5.32 Å². The van der Waals surface area contributed by atoms with Crippen molar-refractivity contribution in [3.05, 3.63) is 52.5 Å². The van der Waals surface area contributed by atoms with Crippen molar-refractivity contribution in [1.82, 2.24) is 14.9 Å². The van der Waals surface area contributed by atoms with Gasteiger partial charge < -0.3 is 9.88 Å². The highest BCUT2D eigenvalue weighted by Gasteiger charge is 2.09. The van der Waals surface area contributed by atoms with Gasteiger partial charge in [-0.3, -0.25) is 0 Å². The van der Waals surface area contributed by atoms with Gasteiger partial charge in [0.1, 0.15) is 0 Å². The molecule has 0 radical (unpaired) electrons. The molecule has 3 nitrogen and oxygen atoms in total. The topological polar surface area (TPSA) is 29.9 Å². The number of aromatic nitrogens is 2. The van der Waals surface area contributed by atoms with E-state index < -0.39 is 0 Å². The van der Waals surface area contributed by atoms with Gasteiger partial charge in [-0.2, -0.15) is 0 Å². The summed E-state index contributed by atoms with van der Waals surface area (Å²) >= 11 is 3.60. The van der Waals surface area contributed by atoms with Crippen LogP contribution in [-0.4, -0.2) is 9.55 Å². The minimum absolute atomic E-state index is 0.306. The fourth-order valence-corrected chi connectivity index (χ4v) is 2.76. The number of halogens is 1. The first kappa shape index (κ1) is 14.3. The molecule has 0 aliphatic rings. The maximum absolute atomic E-state index is 4.22. The molecular formula is C15H20BrN3. The molecule has 0 fully saturated rings. The van der Waals surface area contributed by atoms with Gasteiger partial charge in [-0.25, -0.2) is 4.98 Å². The molecule has 2 rings (SSSR count). The molecule has 0 aliphatic carbocycles. The maximum Gasteiger partial charge on any atom is 0.0948 e. The Morgan fingerprint density at radius 1 is 1.37 bits per heavy atom. The Labute approximate surface area is 123 Å². The lowest BCUT2D eigenvalue weighted by Crippen LogP contribution is -2.20. The van der Waals surface area contributed by atoms with Crippen molar-refractivity contribution in [2.45, 2.75) is 39.4 Å². The van der Waals surface area contributed by atoms with Crippen LogP contribution in [0.3, 0.4) is 0 Å². The van der Waals surface area contributed by atoms with Gasteiger partial charge in [0.25, 0.3) is 0 Å². The van der Waals surface area contributed by atoms with Crippen LogP contribution in [0.1, 0.15) is 37.6 Å². The number of hydrogen-bond acceptors (Lipinski definition) is 2. The van der Waals surface area contributed by atoms with E-state index >= 15 is 0 Å². The molecule has 2 aromatic rings. The Morgan fingerprint density at radius 2 is 2.16 bits per heavy atom. The second-order valence-corrected chi connectivity index (χ2v) is 5.56. The molecular weight excluding hydrogens is 302 g/mol. The zero-order valence-corrected chi connectivity index (χ0v) is 13.0. The molecule has 0 unspecified atom stereocenters. The maximum atomic E-state index is 4.22. The Morgan fingerprint density at radius 3 is 2.89 bits per heavy atom. The highest BCUT2D eigenvalue weighted by Crippen LogP contribution is 2.22. The molecule has 4 heteroatoms. The van der Waals surface area contributed by atoms with Crippen LogP contribution in [-0.2, 0) is 13.1 Å². The van der Waals surface area contributed by atoms with Crippen LogP contribution in [0.4, 0.5) is 0 Å². The highest BCUT2D eigenvalue weighted by atomic mass is 79.9. The third-order valence-electron chi connectivity index (χ3n) is 3.22. The Balaban J connectivity index is 1.98. The number of nitrogens with zero attached hydrogens (tertiary/aromatic N) is 2. The normalized spacial score (nSPS) is 12.6. The third kappa shape index (κ3) is 3.67. The van der Waals surface area contributed by atoms with Crippen molar-refractivity contribution < 1.29 is 0 Å². The van der Waals surface area contributed by atoms with Crippen LogP contribution in [0.25, 0.3) is 0 Å². The van der Waals surface area contributed by atoms with E-state index in [4.69, 9.17) is 0 Å². The van der Waals surface area contributed by atoms with Crippen molar-refractivity contribution in [3.63, 3.8) is 0 Å². The van der Waals surface area contributed by atoms with Gasteiger partial charge in [0.05, 0.1) is 12.0 Å². The van der Waals surface area contributed by atoms with Crippen LogP contribution in [0.2, 0.25) is 0 Å². The van der Waals surface area contributed by atoms with Crippen molar-refractivity contribution in [2.75, 3.05) is 0 Å². The molecule has 102 valence electrons. The van der Waals surface area contributed by atoms with Crippen molar-refractivity contribution >= 4 is 15.9 Å². The lowest BCUT2D eigenvalue weighted by molar-refractivity contribution is 0.540. The molecule has 1 N–H and O–H groups in total. The Bertz CT molecular complexity index is 522. The number of aryl methyl sites for hydroxylation is 1. The predicted octanol–water partition coefficient (Wildman–Crippen LogP) is 3.91. The van der Waals surface area contributed by atoms with E-state index in [0.29, 0.717) is 6.04 Å². The summed E-state index contributed by atoms with van der Waals surface area (Å²) in [7, 11) is 0. The summed E-state index contributed by atoms with van der Waals surface area (Å²) in [5, 5.41) is 3.55. The summed E-state index contributed by atoms with van der Waals surface area (Å²) in [4.78, 5) is 4.22. The van der Waals surface area contributed by atoms with Crippen molar-refractivity contribution in [3.8, 4) is 0 Å². The summed E-state index contributed by atoms with van der Waals surface area (Å²) in [6.07, 6.45) is 4.97. The number of rotatable bonds is 6. The zero-order valence-electron chi connectivity index (χ0n) is 11.4. The van der Waals surface area contributed by atoms with Crippen molar-refractivity contribution in [2.24, 2.45) is 0 Å². The smallest absolute Gasteiger partial charge is 0.0948 e. The molecule has 1 aromatic carbocycles. The monoisotopic (exact) mass is 321 g/mol. The first-order chi connectivity index (χ1) is 9.22. The molecule has 1 aromatic heterocycles. The molecule has 0 aliphatic heterocycles. The standard InChI is InChI=1S/C15H20BrN3/c1-3-8-19-11-17-9-13(19)10-18-12(2)14-6-4-5-7-15(14)16/h4-7,9,11-12,18H,3,8,10H2,1-2H3/t12-/m0/s1. The van der Waals surface area contributed by atoms with E-state index in [9.17, 15) is 0 Å². The van der Waals surface area contributed by atoms with Crippen LogP contribution >= 0.6 is 15.9 Å². The molecule has 0 amide bonds. The number of imidazole rings is 1. The molecule has 0 saturated heterocycles. The summed E-state index contributed by atoms with van der Waals surface area (Å²) in [6.45, 7) is 6.23. The molecule has 0 saturated carbocycles. The fourth-order valence-electron chi connectivity index (χ4n) is 2.13. The largest absolute Gasteiger partial charge is 0.333 e. The second kappa shape index (κ2) is 6.87. The zero-order chi connectivity index (χ0) is 13.7.